The number of rotatable bonds is 2. The highest BCUT2D eigenvalue weighted by Crippen LogP contribution is 2.26. The van der Waals surface area contributed by atoms with Crippen LogP contribution in [0.15, 0.2) is 59.4 Å². The van der Waals surface area contributed by atoms with E-state index in [0.717, 1.165) is 0 Å². The van der Waals surface area contributed by atoms with Gasteiger partial charge in [0.15, 0.2) is 0 Å². The van der Waals surface area contributed by atoms with E-state index in [1.54, 1.807) is 12.1 Å². The molecule has 0 aliphatic rings. The van der Waals surface area contributed by atoms with E-state index in [1.807, 2.05) is 6.07 Å². The number of aromatic amines is 1. The van der Waals surface area contributed by atoms with E-state index in [-0.39, 0.29) is 5.56 Å². The Morgan fingerprint density at radius 1 is 0.913 bits per heavy atom. The van der Waals surface area contributed by atoms with E-state index in [0.29, 0.717) is 22.4 Å². The smallest absolute Gasteiger partial charge is 0.266 e. The maximum Gasteiger partial charge on any atom is 0.266 e. The second-order valence-electron chi connectivity index (χ2n) is 4.93. The molecule has 0 fully saturated rings. The molecular formula is C18H10F2N2O. The summed E-state index contributed by atoms with van der Waals surface area (Å²) in [7, 11) is 0. The standard InChI is InChI=1S/C18H10F2N2O/c19-13-6-4-11(5-7-13)17-9-15(16(10-21)18(23)22-17)12-2-1-3-14(20)8-12/h1-9H,(H,22,23). The number of nitriles is 1. The fourth-order valence-electron chi connectivity index (χ4n) is 2.34. The molecular weight excluding hydrogens is 298 g/mol. The molecule has 1 N–H and O–H groups in total. The summed E-state index contributed by atoms with van der Waals surface area (Å²) in [5.74, 6) is -0.856. The van der Waals surface area contributed by atoms with Gasteiger partial charge in [-0.1, -0.05) is 12.1 Å². The Labute approximate surface area is 130 Å². The fraction of sp³-hybridized carbons (Fsp3) is 0. The summed E-state index contributed by atoms with van der Waals surface area (Å²) in [6, 6.07) is 14.7. The first kappa shape index (κ1) is 14.7. The average Bonchev–Trinajstić information content (AvgIpc) is 2.55. The van der Waals surface area contributed by atoms with E-state index in [2.05, 4.69) is 4.98 Å². The van der Waals surface area contributed by atoms with Crippen LogP contribution in [0.2, 0.25) is 0 Å². The second-order valence-corrected chi connectivity index (χ2v) is 4.93. The predicted molar refractivity (Wildman–Crippen MR) is 82.6 cm³/mol. The van der Waals surface area contributed by atoms with Crippen molar-refractivity contribution in [1.29, 1.82) is 5.26 Å². The number of aromatic nitrogens is 1. The molecule has 0 amide bonds. The van der Waals surface area contributed by atoms with Gasteiger partial charge in [0.25, 0.3) is 5.56 Å². The Kier molecular flexibility index (Phi) is 3.73. The van der Waals surface area contributed by atoms with Gasteiger partial charge in [-0.05, 0) is 53.6 Å². The molecule has 2 aromatic carbocycles. The van der Waals surface area contributed by atoms with Crippen LogP contribution in [0.1, 0.15) is 5.56 Å². The molecule has 0 spiro atoms. The van der Waals surface area contributed by atoms with Crippen molar-refractivity contribution < 1.29 is 8.78 Å². The predicted octanol–water partition coefficient (Wildman–Crippen LogP) is 3.86. The molecule has 0 radical (unpaired) electrons. The van der Waals surface area contributed by atoms with Crippen molar-refractivity contribution in [3.05, 3.63) is 82.1 Å². The van der Waals surface area contributed by atoms with Crippen molar-refractivity contribution in [2.24, 2.45) is 0 Å². The van der Waals surface area contributed by atoms with Gasteiger partial charge in [-0.15, -0.1) is 0 Å². The second kappa shape index (κ2) is 5.85. The zero-order valence-electron chi connectivity index (χ0n) is 11.8. The van der Waals surface area contributed by atoms with Gasteiger partial charge in [0.1, 0.15) is 23.3 Å². The van der Waals surface area contributed by atoms with Gasteiger partial charge >= 0.3 is 0 Å². The van der Waals surface area contributed by atoms with Gasteiger partial charge in [0.2, 0.25) is 0 Å². The van der Waals surface area contributed by atoms with E-state index in [4.69, 9.17) is 0 Å². The van der Waals surface area contributed by atoms with Crippen LogP contribution in [0.3, 0.4) is 0 Å². The van der Waals surface area contributed by atoms with E-state index in [1.165, 1.54) is 42.5 Å². The molecule has 3 nitrogen and oxygen atoms in total. The Hall–Kier alpha value is -3.26. The summed E-state index contributed by atoms with van der Waals surface area (Å²) in [5.41, 5.74) is 1.10. The van der Waals surface area contributed by atoms with E-state index >= 15 is 0 Å². The van der Waals surface area contributed by atoms with Crippen LogP contribution >= 0.6 is 0 Å². The van der Waals surface area contributed by atoms with Crippen molar-refractivity contribution in [2.45, 2.75) is 0 Å². The van der Waals surface area contributed by atoms with Crippen LogP contribution < -0.4 is 5.56 Å². The number of pyridine rings is 1. The molecule has 0 bridgehead atoms. The molecule has 23 heavy (non-hydrogen) atoms. The maximum atomic E-state index is 13.4. The molecule has 0 saturated heterocycles. The van der Waals surface area contributed by atoms with Crippen molar-refractivity contribution in [3.63, 3.8) is 0 Å². The lowest BCUT2D eigenvalue weighted by molar-refractivity contribution is 0.627. The summed E-state index contributed by atoms with van der Waals surface area (Å²) in [6.07, 6.45) is 0. The summed E-state index contributed by atoms with van der Waals surface area (Å²) >= 11 is 0. The number of nitrogens with one attached hydrogen (secondary N) is 1. The molecule has 5 heteroatoms. The third-order valence-corrected chi connectivity index (χ3v) is 3.44. The Morgan fingerprint density at radius 2 is 1.65 bits per heavy atom. The quantitative estimate of drug-likeness (QED) is 0.781. The zero-order valence-corrected chi connectivity index (χ0v) is 11.8. The van der Waals surface area contributed by atoms with Crippen molar-refractivity contribution >= 4 is 0 Å². The number of nitrogens with zero attached hydrogens (tertiary/aromatic N) is 1. The van der Waals surface area contributed by atoms with Crippen LogP contribution in [0, 0.1) is 23.0 Å². The van der Waals surface area contributed by atoms with Gasteiger partial charge < -0.3 is 4.98 Å². The first-order valence-corrected chi connectivity index (χ1v) is 6.78. The lowest BCUT2D eigenvalue weighted by Crippen LogP contribution is -2.12. The van der Waals surface area contributed by atoms with Crippen molar-refractivity contribution in [3.8, 4) is 28.5 Å². The van der Waals surface area contributed by atoms with Gasteiger partial charge in [-0.25, -0.2) is 8.78 Å². The first-order chi connectivity index (χ1) is 11.1. The summed E-state index contributed by atoms with van der Waals surface area (Å²) in [6.45, 7) is 0. The number of benzene rings is 2. The maximum absolute atomic E-state index is 13.4. The highest BCUT2D eigenvalue weighted by Gasteiger charge is 2.13. The molecule has 0 aliphatic carbocycles. The summed E-state index contributed by atoms with van der Waals surface area (Å²) in [5, 5.41) is 9.21. The molecule has 0 unspecified atom stereocenters. The van der Waals surface area contributed by atoms with Crippen LogP contribution in [-0.2, 0) is 0 Å². The third-order valence-electron chi connectivity index (χ3n) is 3.44. The normalized spacial score (nSPS) is 10.3. The van der Waals surface area contributed by atoms with Crippen molar-refractivity contribution in [2.75, 3.05) is 0 Å². The highest BCUT2D eigenvalue weighted by molar-refractivity contribution is 5.75. The van der Waals surface area contributed by atoms with Gasteiger partial charge in [0, 0.05) is 11.3 Å². The lowest BCUT2D eigenvalue weighted by Gasteiger charge is -2.08. The number of H-pyrrole nitrogens is 1. The number of halogens is 2. The summed E-state index contributed by atoms with van der Waals surface area (Å²) in [4.78, 5) is 14.7. The molecule has 3 rings (SSSR count). The van der Waals surface area contributed by atoms with Crippen LogP contribution in [0.5, 0.6) is 0 Å². The lowest BCUT2D eigenvalue weighted by atomic mass is 9.99. The minimum absolute atomic E-state index is 0.0959. The third kappa shape index (κ3) is 2.87. The largest absolute Gasteiger partial charge is 0.321 e. The van der Waals surface area contributed by atoms with Gasteiger partial charge in [-0.3, -0.25) is 4.79 Å². The van der Waals surface area contributed by atoms with E-state index in [9.17, 15) is 18.8 Å². The van der Waals surface area contributed by atoms with Crippen LogP contribution in [0.25, 0.3) is 22.4 Å². The molecule has 112 valence electrons. The SMILES string of the molecule is N#Cc1c(-c2cccc(F)c2)cc(-c2ccc(F)cc2)[nH]c1=O. The van der Waals surface area contributed by atoms with Crippen LogP contribution in [0.4, 0.5) is 8.78 Å². The Morgan fingerprint density at radius 3 is 2.30 bits per heavy atom. The first-order valence-electron chi connectivity index (χ1n) is 6.78. The number of hydrogen-bond acceptors (Lipinski definition) is 2. The molecule has 0 atom stereocenters. The molecule has 1 heterocycles. The molecule has 1 aromatic heterocycles. The minimum Gasteiger partial charge on any atom is -0.321 e. The molecule has 0 saturated carbocycles. The number of hydrogen-bond donors (Lipinski definition) is 1. The summed E-state index contributed by atoms with van der Waals surface area (Å²) < 4.78 is 26.5. The minimum atomic E-state index is -0.575. The van der Waals surface area contributed by atoms with Crippen LogP contribution in [-0.4, -0.2) is 4.98 Å². The average molecular weight is 308 g/mol. The Bertz CT molecular complexity index is 970. The topological polar surface area (TPSA) is 56.6 Å². The monoisotopic (exact) mass is 308 g/mol. The van der Waals surface area contributed by atoms with E-state index < -0.39 is 17.2 Å². The highest BCUT2D eigenvalue weighted by atomic mass is 19.1. The molecule has 0 aliphatic heterocycles. The van der Waals surface area contributed by atoms with Gasteiger partial charge in [-0.2, -0.15) is 5.26 Å². The molecule has 3 aromatic rings. The van der Waals surface area contributed by atoms with Crippen molar-refractivity contribution in [1.82, 2.24) is 4.98 Å². The van der Waals surface area contributed by atoms with Gasteiger partial charge in [0.05, 0.1) is 0 Å². The fourth-order valence-corrected chi connectivity index (χ4v) is 2.34. The Balaban J connectivity index is 2.24. The zero-order chi connectivity index (χ0) is 16.4.